The van der Waals surface area contributed by atoms with Crippen LogP contribution in [0.5, 0.6) is 5.75 Å². The molecular weight excluding hydrogens is 428 g/mol. The number of hydrogen-bond acceptors (Lipinski definition) is 5. The Morgan fingerprint density at radius 3 is 2.74 bits per heavy atom. The third-order valence-electron chi connectivity index (χ3n) is 6.38. The number of amides is 1. The molecule has 2 aromatic carbocycles. The Morgan fingerprint density at radius 1 is 1.12 bits per heavy atom. The third-order valence-corrected chi connectivity index (χ3v) is 6.38. The van der Waals surface area contributed by atoms with Gasteiger partial charge in [-0.15, -0.1) is 0 Å². The summed E-state index contributed by atoms with van der Waals surface area (Å²) in [5, 5.41) is 17.7. The predicted octanol–water partition coefficient (Wildman–Crippen LogP) is 4.00. The summed E-state index contributed by atoms with van der Waals surface area (Å²) in [6.07, 6.45) is 5.71. The molecule has 182 valence electrons. The van der Waals surface area contributed by atoms with E-state index in [2.05, 4.69) is 22.8 Å². The molecule has 6 heteroatoms. The van der Waals surface area contributed by atoms with Gasteiger partial charge in [-0.05, 0) is 61.9 Å². The molecular formula is C28H36N2O4. The number of aliphatic hydroxyl groups excluding tert-OH is 1. The minimum absolute atomic E-state index is 0.0209. The van der Waals surface area contributed by atoms with E-state index in [4.69, 9.17) is 9.47 Å². The lowest BCUT2D eigenvalue weighted by Gasteiger charge is -2.26. The van der Waals surface area contributed by atoms with Crippen molar-refractivity contribution >= 4 is 5.91 Å². The average molecular weight is 465 g/mol. The second-order valence-electron chi connectivity index (χ2n) is 9.42. The van der Waals surface area contributed by atoms with Crippen LogP contribution in [0.4, 0.5) is 0 Å². The van der Waals surface area contributed by atoms with Gasteiger partial charge < -0.3 is 25.2 Å². The highest BCUT2D eigenvalue weighted by Gasteiger charge is 2.33. The minimum atomic E-state index is -0.733. The zero-order chi connectivity index (χ0) is 23.9. The lowest BCUT2D eigenvalue weighted by molar-refractivity contribution is -0.122. The van der Waals surface area contributed by atoms with Crippen LogP contribution >= 0.6 is 0 Å². The first-order chi connectivity index (χ1) is 16.5. The fourth-order valence-corrected chi connectivity index (χ4v) is 4.72. The van der Waals surface area contributed by atoms with Gasteiger partial charge in [0.1, 0.15) is 5.75 Å². The standard InChI is InChI=1S/C28H36N2O4/c1-19(2)34-21-12-13-22-23(16-21)24-17-27(22)33-14-8-4-7-11-28(32)30-25(26(31)18-29-24)15-20-9-5-3-6-10-20/h3-6,8-10,12-13,16,19,24-27,29,31H,7,11,14-15,17-18H2,1-2H3,(H,30,32)/t24-,25-,26+,27+/m0/s1. The summed E-state index contributed by atoms with van der Waals surface area (Å²) >= 11 is 0. The SMILES string of the molecule is CC(C)Oc1ccc2c(c1)[C@@H]1C[C@H]2OCC=CCCC(=O)N[C@@H](Cc2ccccc2)[C@H](O)CN1. The van der Waals surface area contributed by atoms with Gasteiger partial charge in [0.2, 0.25) is 5.91 Å². The van der Waals surface area contributed by atoms with Gasteiger partial charge in [-0.2, -0.15) is 0 Å². The van der Waals surface area contributed by atoms with Gasteiger partial charge in [0.15, 0.2) is 0 Å². The van der Waals surface area contributed by atoms with E-state index in [-0.39, 0.29) is 30.2 Å². The summed E-state index contributed by atoms with van der Waals surface area (Å²) in [6, 6.07) is 15.8. The highest BCUT2D eigenvalue weighted by atomic mass is 16.5. The van der Waals surface area contributed by atoms with E-state index in [1.165, 1.54) is 0 Å². The highest BCUT2D eigenvalue weighted by Crippen LogP contribution is 2.42. The van der Waals surface area contributed by atoms with Gasteiger partial charge in [0.05, 0.1) is 31.0 Å². The van der Waals surface area contributed by atoms with Crippen molar-refractivity contribution in [2.45, 2.75) is 69.9 Å². The topological polar surface area (TPSA) is 79.8 Å². The second-order valence-corrected chi connectivity index (χ2v) is 9.42. The van der Waals surface area contributed by atoms with Crippen LogP contribution in [0.25, 0.3) is 0 Å². The lowest BCUT2D eigenvalue weighted by Crippen LogP contribution is -2.49. The smallest absolute Gasteiger partial charge is 0.220 e. The lowest BCUT2D eigenvalue weighted by atomic mass is 10.00. The van der Waals surface area contributed by atoms with Crippen LogP contribution in [0.3, 0.4) is 0 Å². The van der Waals surface area contributed by atoms with Gasteiger partial charge >= 0.3 is 0 Å². The molecule has 3 N–H and O–H groups in total. The highest BCUT2D eigenvalue weighted by molar-refractivity contribution is 5.76. The van der Waals surface area contributed by atoms with Crippen molar-refractivity contribution in [3.05, 3.63) is 77.4 Å². The normalized spacial score (nSPS) is 25.8. The van der Waals surface area contributed by atoms with E-state index < -0.39 is 6.10 Å². The maximum absolute atomic E-state index is 12.6. The maximum Gasteiger partial charge on any atom is 0.220 e. The van der Waals surface area contributed by atoms with E-state index >= 15 is 0 Å². The second kappa shape index (κ2) is 11.6. The molecule has 0 saturated heterocycles. The van der Waals surface area contributed by atoms with Gasteiger partial charge in [-0.1, -0.05) is 48.6 Å². The Morgan fingerprint density at radius 2 is 1.94 bits per heavy atom. The van der Waals surface area contributed by atoms with Crippen molar-refractivity contribution < 1.29 is 19.4 Å². The molecule has 6 nitrogen and oxygen atoms in total. The number of fused-ring (bicyclic) bond motifs is 5. The number of carbonyl (C=O) groups is 1. The Hall–Kier alpha value is -2.67. The number of β-amino-alcohol motifs (C(OH)–C–C–N with tert-alkyl or cyclic N) is 1. The number of allylic oxidation sites excluding steroid dienone is 1. The monoisotopic (exact) mass is 464 g/mol. The van der Waals surface area contributed by atoms with Crippen LogP contribution in [0.2, 0.25) is 0 Å². The first-order valence-corrected chi connectivity index (χ1v) is 12.3. The van der Waals surface area contributed by atoms with Crippen LogP contribution in [0, 0.1) is 0 Å². The van der Waals surface area contributed by atoms with E-state index in [0.29, 0.717) is 32.4 Å². The summed E-state index contributed by atoms with van der Waals surface area (Å²) in [7, 11) is 0. The molecule has 0 fully saturated rings. The number of ether oxygens (including phenoxy) is 2. The molecule has 0 radical (unpaired) electrons. The molecule has 0 spiro atoms. The molecule has 4 rings (SSSR count). The van der Waals surface area contributed by atoms with Crippen LogP contribution in [0.15, 0.2) is 60.7 Å². The van der Waals surface area contributed by atoms with Crippen LogP contribution in [-0.2, 0) is 16.0 Å². The van der Waals surface area contributed by atoms with Crippen molar-refractivity contribution in [1.82, 2.24) is 10.6 Å². The Balaban J connectivity index is 1.55. The first kappa shape index (κ1) is 24.5. The van der Waals surface area contributed by atoms with Gasteiger partial charge in [-0.25, -0.2) is 0 Å². The van der Waals surface area contributed by atoms with Crippen LogP contribution < -0.4 is 15.4 Å². The molecule has 34 heavy (non-hydrogen) atoms. The number of nitrogens with one attached hydrogen (secondary N) is 2. The Labute approximate surface area is 202 Å². The largest absolute Gasteiger partial charge is 0.491 e. The third kappa shape index (κ3) is 6.47. The van der Waals surface area contributed by atoms with Gasteiger partial charge in [-0.3, -0.25) is 4.79 Å². The number of aliphatic hydroxyl groups is 1. The molecule has 0 aromatic heterocycles. The Bertz CT molecular complexity index is 976. The average Bonchev–Trinajstić information content (AvgIpc) is 3.15. The quantitative estimate of drug-likeness (QED) is 0.596. The molecule has 1 aliphatic carbocycles. The zero-order valence-corrected chi connectivity index (χ0v) is 20.1. The van der Waals surface area contributed by atoms with E-state index in [1.54, 1.807) is 0 Å². The number of carbonyl (C=O) groups excluding carboxylic acids is 1. The molecule has 0 saturated carbocycles. The molecule has 2 aromatic rings. The molecule has 1 aliphatic heterocycles. The van der Waals surface area contributed by atoms with E-state index in [0.717, 1.165) is 28.9 Å². The fraction of sp³-hybridized carbons (Fsp3) is 0.464. The van der Waals surface area contributed by atoms with Crippen LogP contribution in [0.1, 0.15) is 61.9 Å². The summed E-state index contributed by atoms with van der Waals surface area (Å²) in [5.41, 5.74) is 3.40. The van der Waals surface area contributed by atoms with Crippen molar-refractivity contribution in [2.24, 2.45) is 0 Å². The molecule has 2 bridgehead atoms. The van der Waals surface area contributed by atoms with Gasteiger partial charge in [0, 0.05) is 19.0 Å². The fourth-order valence-electron chi connectivity index (χ4n) is 4.72. The molecule has 1 amide bonds. The van der Waals surface area contributed by atoms with Crippen molar-refractivity contribution in [1.29, 1.82) is 0 Å². The van der Waals surface area contributed by atoms with Crippen molar-refractivity contribution in [3.63, 3.8) is 0 Å². The number of benzene rings is 2. The van der Waals surface area contributed by atoms with E-state index in [9.17, 15) is 9.90 Å². The molecule has 1 heterocycles. The molecule has 4 atom stereocenters. The summed E-state index contributed by atoms with van der Waals surface area (Å²) < 4.78 is 12.1. The number of rotatable bonds is 4. The van der Waals surface area contributed by atoms with Crippen molar-refractivity contribution in [2.75, 3.05) is 13.2 Å². The Kier molecular flexibility index (Phi) is 8.38. The first-order valence-electron chi connectivity index (χ1n) is 12.3. The van der Waals surface area contributed by atoms with E-state index in [1.807, 2.05) is 62.4 Å². The zero-order valence-electron chi connectivity index (χ0n) is 20.1. The van der Waals surface area contributed by atoms with Crippen molar-refractivity contribution in [3.8, 4) is 5.75 Å². The summed E-state index contributed by atoms with van der Waals surface area (Å²) in [4.78, 5) is 12.6. The molecule has 0 unspecified atom stereocenters. The number of hydrogen-bond donors (Lipinski definition) is 3. The molecule has 2 aliphatic rings. The van der Waals surface area contributed by atoms with Crippen LogP contribution in [-0.4, -0.2) is 42.4 Å². The van der Waals surface area contributed by atoms with Gasteiger partial charge in [0.25, 0.3) is 0 Å². The maximum atomic E-state index is 12.6. The predicted molar refractivity (Wildman–Crippen MR) is 133 cm³/mol. The summed E-state index contributed by atoms with van der Waals surface area (Å²) in [6.45, 7) is 4.90. The minimum Gasteiger partial charge on any atom is -0.491 e. The summed E-state index contributed by atoms with van der Waals surface area (Å²) in [5.74, 6) is 0.785.